The van der Waals surface area contributed by atoms with Crippen LogP contribution in [-0.4, -0.2) is 0 Å². The fraction of sp³-hybridized carbons (Fsp3) is 0.500. The summed E-state index contributed by atoms with van der Waals surface area (Å²) >= 11 is 0. The van der Waals surface area contributed by atoms with Crippen molar-refractivity contribution in [2.24, 2.45) is 0 Å². The molecule has 0 aromatic heterocycles. The fourth-order valence-electron chi connectivity index (χ4n) is 0. The highest BCUT2D eigenvalue weighted by atomic mass is 13.6. The Kier molecular flexibility index (Phi) is 32.5. The predicted molar refractivity (Wildman–Crippen MR) is 61.5 cm³/mol. The molecule has 0 aliphatic heterocycles. The van der Waals surface area contributed by atoms with Crippen LogP contribution in [-0.2, 0) is 0 Å². The molecule has 0 atom stereocenters. The van der Waals surface area contributed by atoms with E-state index in [2.05, 4.69) is 6.58 Å². The first-order valence-corrected chi connectivity index (χ1v) is 4.33. The molecule has 0 saturated heterocycles. The van der Waals surface area contributed by atoms with Gasteiger partial charge >= 0.3 is 0 Å². The lowest BCUT2D eigenvalue weighted by Gasteiger charge is -1.65. The Labute approximate surface area is 78.7 Å². The van der Waals surface area contributed by atoms with Crippen LogP contribution in [0.25, 0.3) is 0 Å². The maximum Gasteiger partial charge on any atom is -0.0445 e. The van der Waals surface area contributed by atoms with E-state index in [4.69, 9.17) is 0 Å². The Morgan fingerprint density at radius 1 is 0.750 bits per heavy atom. The number of rotatable bonds is 0. The number of allylic oxidation sites excluding steroid dienone is 5. The van der Waals surface area contributed by atoms with E-state index in [-0.39, 0.29) is 0 Å². The van der Waals surface area contributed by atoms with Gasteiger partial charge in [-0.2, -0.15) is 0 Å². The molecule has 0 aromatic rings. The molecule has 0 unspecified atom stereocenters. The van der Waals surface area contributed by atoms with Crippen molar-refractivity contribution in [1.82, 2.24) is 0 Å². The second-order valence-corrected chi connectivity index (χ2v) is 2.54. The second kappa shape index (κ2) is 22.5. The molecule has 0 heterocycles. The van der Waals surface area contributed by atoms with Crippen molar-refractivity contribution in [3.05, 3.63) is 36.5 Å². The van der Waals surface area contributed by atoms with Crippen LogP contribution in [0, 0.1) is 0 Å². The highest BCUT2D eigenvalue weighted by Crippen LogP contribution is 1.73. The van der Waals surface area contributed by atoms with Crippen LogP contribution in [0.15, 0.2) is 36.5 Å². The first-order valence-electron chi connectivity index (χ1n) is 4.33. The van der Waals surface area contributed by atoms with E-state index in [0.29, 0.717) is 0 Å². The van der Waals surface area contributed by atoms with Gasteiger partial charge < -0.3 is 0 Å². The molecule has 12 heavy (non-hydrogen) atoms. The smallest absolute Gasteiger partial charge is 0.0445 e. The molecule has 0 amide bonds. The molecule has 0 nitrogen and oxygen atoms in total. The second-order valence-electron chi connectivity index (χ2n) is 2.54. The van der Waals surface area contributed by atoms with E-state index in [1.165, 1.54) is 5.57 Å². The van der Waals surface area contributed by atoms with E-state index in [0.717, 1.165) is 0 Å². The van der Waals surface area contributed by atoms with Gasteiger partial charge in [0.25, 0.3) is 0 Å². The van der Waals surface area contributed by atoms with Crippen LogP contribution in [0.5, 0.6) is 0 Å². The minimum Gasteiger partial charge on any atom is -0.100 e. The molecular weight excluding hydrogens is 144 g/mol. The van der Waals surface area contributed by atoms with Crippen LogP contribution in [0.4, 0.5) is 0 Å². The zero-order chi connectivity index (χ0) is 10.4. The molecule has 0 saturated carbocycles. The summed E-state index contributed by atoms with van der Waals surface area (Å²) in [6, 6.07) is 0. The lowest BCUT2D eigenvalue weighted by Crippen LogP contribution is -1.43. The summed E-state index contributed by atoms with van der Waals surface area (Å²) in [5.74, 6) is 0. The SMILES string of the molecule is C/C=C/C.C/C=C\C.C=C(C)C. The molecular formula is C12H24. The van der Waals surface area contributed by atoms with Crippen molar-refractivity contribution in [1.29, 1.82) is 0 Å². The number of hydrogen-bond acceptors (Lipinski definition) is 0. The van der Waals surface area contributed by atoms with E-state index in [1.807, 2.05) is 65.8 Å². The molecule has 0 spiro atoms. The first kappa shape index (κ1) is 17.3. The van der Waals surface area contributed by atoms with E-state index in [1.54, 1.807) is 0 Å². The molecule has 0 aliphatic carbocycles. The summed E-state index contributed by atoms with van der Waals surface area (Å²) in [6.45, 7) is 15.5. The highest BCUT2D eigenvalue weighted by Gasteiger charge is 1.51. The van der Waals surface area contributed by atoms with E-state index >= 15 is 0 Å². The fourth-order valence-corrected chi connectivity index (χ4v) is 0. The Bertz CT molecular complexity index is 94.0. The molecule has 72 valence electrons. The van der Waals surface area contributed by atoms with Crippen molar-refractivity contribution in [2.75, 3.05) is 0 Å². The normalized spacial score (nSPS) is 8.50. The third-order valence-electron chi connectivity index (χ3n) is 0.667. The molecule has 0 heteroatoms. The predicted octanol–water partition coefficient (Wildman–Crippen LogP) is 4.75. The monoisotopic (exact) mass is 168 g/mol. The molecule has 0 fully saturated rings. The van der Waals surface area contributed by atoms with Crippen molar-refractivity contribution in [2.45, 2.75) is 41.5 Å². The standard InChI is InChI=1S/3C4H8/c1-4(2)3;2*1-3-4-2/h1H2,2-3H3;2*3-4H,1-2H3/b;4-3+;4-3-. The van der Waals surface area contributed by atoms with E-state index < -0.39 is 0 Å². The lowest BCUT2D eigenvalue weighted by molar-refractivity contribution is 1.42. The van der Waals surface area contributed by atoms with Gasteiger partial charge in [0.1, 0.15) is 0 Å². The van der Waals surface area contributed by atoms with Gasteiger partial charge in [-0.25, -0.2) is 0 Å². The summed E-state index contributed by atoms with van der Waals surface area (Å²) in [5, 5.41) is 0. The van der Waals surface area contributed by atoms with E-state index in [9.17, 15) is 0 Å². The molecule has 0 aliphatic rings. The van der Waals surface area contributed by atoms with Crippen LogP contribution in [0.2, 0.25) is 0 Å². The summed E-state index contributed by atoms with van der Waals surface area (Å²) in [4.78, 5) is 0. The summed E-state index contributed by atoms with van der Waals surface area (Å²) < 4.78 is 0. The van der Waals surface area contributed by atoms with Gasteiger partial charge in [0.15, 0.2) is 0 Å². The summed E-state index contributed by atoms with van der Waals surface area (Å²) in [7, 11) is 0. The first-order chi connectivity index (χ1) is 5.56. The van der Waals surface area contributed by atoms with Gasteiger partial charge in [0.2, 0.25) is 0 Å². The Morgan fingerprint density at radius 2 is 0.833 bits per heavy atom. The van der Waals surface area contributed by atoms with Gasteiger partial charge in [0.05, 0.1) is 0 Å². The van der Waals surface area contributed by atoms with Crippen molar-refractivity contribution >= 4 is 0 Å². The van der Waals surface area contributed by atoms with Gasteiger partial charge in [-0.1, -0.05) is 29.9 Å². The van der Waals surface area contributed by atoms with Crippen LogP contribution in [0.3, 0.4) is 0 Å². The maximum absolute atomic E-state index is 3.56. The minimum absolute atomic E-state index is 1.17. The average Bonchev–Trinajstić information content (AvgIpc) is 2.03. The van der Waals surface area contributed by atoms with Crippen molar-refractivity contribution in [3.63, 3.8) is 0 Å². The van der Waals surface area contributed by atoms with Crippen LogP contribution < -0.4 is 0 Å². The average molecular weight is 168 g/mol. The minimum atomic E-state index is 1.17. The lowest BCUT2D eigenvalue weighted by atomic mass is 10.4. The maximum atomic E-state index is 3.56. The molecule has 0 radical (unpaired) electrons. The Balaban J connectivity index is -0.000000101. The zero-order valence-corrected chi connectivity index (χ0v) is 9.52. The quantitative estimate of drug-likeness (QED) is 0.458. The van der Waals surface area contributed by atoms with Crippen LogP contribution in [0.1, 0.15) is 41.5 Å². The third-order valence-corrected chi connectivity index (χ3v) is 0.667. The molecule has 0 rings (SSSR count). The largest absolute Gasteiger partial charge is 0.100 e. The van der Waals surface area contributed by atoms with Gasteiger partial charge in [0, 0.05) is 0 Å². The van der Waals surface area contributed by atoms with Gasteiger partial charge in [-0.05, 0) is 41.5 Å². The van der Waals surface area contributed by atoms with Gasteiger partial charge in [-0.15, -0.1) is 6.58 Å². The van der Waals surface area contributed by atoms with Gasteiger partial charge in [-0.3, -0.25) is 0 Å². The topological polar surface area (TPSA) is 0 Å². The molecule has 0 bridgehead atoms. The summed E-state index contributed by atoms with van der Waals surface area (Å²) in [6.07, 6.45) is 8.00. The Morgan fingerprint density at radius 3 is 0.833 bits per heavy atom. The third kappa shape index (κ3) is 419. The van der Waals surface area contributed by atoms with Crippen molar-refractivity contribution < 1.29 is 0 Å². The van der Waals surface area contributed by atoms with Crippen LogP contribution >= 0.6 is 0 Å². The molecule has 0 aromatic carbocycles. The van der Waals surface area contributed by atoms with Crippen molar-refractivity contribution in [3.8, 4) is 0 Å². The molecule has 0 N–H and O–H groups in total. The Hall–Kier alpha value is -0.780. The highest BCUT2D eigenvalue weighted by molar-refractivity contribution is 4.78. The number of hydrogen-bond donors (Lipinski definition) is 0. The summed E-state index contributed by atoms with van der Waals surface area (Å²) in [5.41, 5.74) is 1.17. The zero-order valence-electron chi connectivity index (χ0n) is 9.52.